The molecule has 0 heterocycles. The first-order valence-electron chi connectivity index (χ1n) is 6.22. The molecule has 5 nitrogen and oxygen atoms in total. The Labute approximate surface area is 114 Å². The summed E-state index contributed by atoms with van der Waals surface area (Å²) < 4.78 is 10.3. The third-order valence-corrected chi connectivity index (χ3v) is 2.91. The summed E-state index contributed by atoms with van der Waals surface area (Å²) >= 11 is 0. The molecule has 0 saturated heterocycles. The molecule has 19 heavy (non-hydrogen) atoms. The second kappa shape index (κ2) is 6.99. The molecule has 1 aromatic carbocycles. The number of carbonyl (C=O) groups excluding carboxylic acids is 1. The van der Waals surface area contributed by atoms with Crippen molar-refractivity contribution in [3.8, 4) is 11.5 Å². The minimum atomic E-state index is -0.0832. The lowest BCUT2D eigenvalue weighted by molar-refractivity contribution is 0.0788. The molecule has 1 aromatic rings. The quantitative estimate of drug-likeness (QED) is 0.847. The van der Waals surface area contributed by atoms with E-state index < -0.39 is 0 Å². The van der Waals surface area contributed by atoms with Gasteiger partial charge in [-0.25, -0.2) is 0 Å². The number of hydrogen-bond donors (Lipinski definition) is 1. The molecule has 0 radical (unpaired) electrons. The van der Waals surface area contributed by atoms with Gasteiger partial charge in [0.05, 0.1) is 19.8 Å². The Morgan fingerprint density at radius 3 is 2.58 bits per heavy atom. The van der Waals surface area contributed by atoms with E-state index in [-0.39, 0.29) is 11.9 Å². The summed E-state index contributed by atoms with van der Waals surface area (Å²) in [6.07, 6.45) is 0.765. The van der Waals surface area contributed by atoms with Crippen LogP contribution < -0.4 is 15.2 Å². The van der Waals surface area contributed by atoms with Crippen molar-refractivity contribution in [1.29, 1.82) is 0 Å². The molecule has 0 fully saturated rings. The van der Waals surface area contributed by atoms with Gasteiger partial charge in [-0.15, -0.1) is 0 Å². The monoisotopic (exact) mass is 266 g/mol. The molecule has 1 atom stereocenters. The minimum Gasteiger partial charge on any atom is -0.497 e. The maximum absolute atomic E-state index is 12.3. The SMILES string of the molecule is COc1ccc(C(=O)N(C)CCC(C)N)c(OC)c1. The Hall–Kier alpha value is -1.75. The van der Waals surface area contributed by atoms with E-state index in [2.05, 4.69) is 0 Å². The number of amides is 1. The molecule has 106 valence electrons. The van der Waals surface area contributed by atoms with Gasteiger partial charge in [0.1, 0.15) is 11.5 Å². The molecule has 0 aliphatic rings. The van der Waals surface area contributed by atoms with Crippen LogP contribution in [-0.4, -0.2) is 44.7 Å². The largest absolute Gasteiger partial charge is 0.497 e. The topological polar surface area (TPSA) is 64.8 Å². The van der Waals surface area contributed by atoms with Crippen molar-refractivity contribution in [3.63, 3.8) is 0 Å². The number of hydrogen-bond acceptors (Lipinski definition) is 4. The first kappa shape index (κ1) is 15.3. The Balaban J connectivity index is 2.86. The highest BCUT2D eigenvalue weighted by Gasteiger charge is 2.17. The second-order valence-electron chi connectivity index (χ2n) is 4.56. The number of nitrogens with zero attached hydrogens (tertiary/aromatic N) is 1. The fraction of sp³-hybridized carbons (Fsp3) is 0.500. The summed E-state index contributed by atoms with van der Waals surface area (Å²) in [5.74, 6) is 1.09. The highest BCUT2D eigenvalue weighted by molar-refractivity contribution is 5.97. The van der Waals surface area contributed by atoms with E-state index >= 15 is 0 Å². The van der Waals surface area contributed by atoms with Crippen LogP contribution in [0.25, 0.3) is 0 Å². The number of rotatable bonds is 6. The van der Waals surface area contributed by atoms with Gasteiger partial charge in [-0.2, -0.15) is 0 Å². The Kier molecular flexibility index (Phi) is 5.63. The van der Waals surface area contributed by atoms with Gasteiger partial charge in [-0.3, -0.25) is 4.79 Å². The van der Waals surface area contributed by atoms with E-state index in [0.717, 1.165) is 6.42 Å². The van der Waals surface area contributed by atoms with Crippen molar-refractivity contribution >= 4 is 5.91 Å². The van der Waals surface area contributed by atoms with Crippen LogP contribution in [0.1, 0.15) is 23.7 Å². The van der Waals surface area contributed by atoms with Crippen molar-refractivity contribution in [3.05, 3.63) is 23.8 Å². The molecule has 0 aliphatic heterocycles. The Morgan fingerprint density at radius 1 is 1.37 bits per heavy atom. The van der Waals surface area contributed by atoms with Crippen LogP contribution in [0.5, 0.6) is 11.5 Å². The first-order chi connectivity index (χ1) is 8.99. The van der Waals surface area contributed by atoms with E-state index in [1.165, 1.54) is 7.11 Å². The lowest BCUT2D eigenvalue weighted by atomic mass is 10.1. The van der Waals surface area contributed by atoms with Gasteiger partial charge in [-0.1, -0.05) is 0 Å². The molecule has 1 rings (SSSR count). The van der Waals surface area contributed by atoms with Crippen molar-refractivity contribution in [2.75, 3.05) is 27.8 Å². The molecule has 0 aliphatic carbocycles. The average molecular weight is 266 g/mol. The number of ether oxygens (including phenoxy) is 2. The van der Waals surface area contributed by atoms with Crippen molar-refractivity contribution in [2.24, 2.45) is 5.73 Å². The molecule has 2 N–H and O–H groups in total. The third-order valence-electron chi connectivity index (χ3n) is 2.91. The van der Waals surface area contributed by atoms with Gasteiger partial charge in [0.15, 0.2) is 0 Å². The number of benzene rings is 1. The Bertz CT molecular complexity index is 433. The fourth-order valence-electron chi connectivity index (χ4n) is 1.68. The highest BCUT2D eigenvalue weighted by Crippen LogP contribution is 2.25. The molecule has 0 spiro atoms. The summed E-state index contributed by atoms with van der Waals surface area (Å²) in [4.78, 5) is 13.9. The summed E-state index contributed by atoms with van der Waals surface area (Å²) in [5, 5.41) is 0. The fourth-order valence-corrected chi connectivity index (χ4v) is 1.68. The van der Waals surface area contributed by atoms with Gasteiger partial charge in [0.25, 0.3) is 5.91 Å². The maximum atomic E-state index is 12.3. The van der Waals surface area contributed by atoms with Gasteiger partial charge in [0, 0.05) is 25.7 Å². The van der Waals surface area contributed by atoms with Gasteiger partial charge >= 0.3 is 0 Å². The lowest BCUT2D eigenvalue weighted by Crippen LogP contribution is -2.31. The average Bonchev–Trinajstić information content (AvgIpc) is 2.42. The van der Waals surface area contributed by atoms with Crippen LogP contribution in [0.4, 0.5) is 0 Å². The van der Waals surface area contributed by atoms with Crippen LogP contribution in [0.3, 0.4) is 0 Å². The predicted octanol–water partition coefficient (Wildman–Crippen LogP) is 1.51. The van der Waals surface area contributed by atoms with E-state index in [1.807, 2.05) is 6.92 Å². The van der Waals surface area contributed by atoms with Crippen LogP contribution in [0, 0.1) is 0 Å². The van der Waals surface area contributed by atoms with Crippen molar-refractivity contribution < 1.29 is 14.3 Å². The van der Waals surface area contributed by atoms with E-state index in [9.17, 15) is 4.79 Å². The zero-order valence-electron chi connectivity index (χ0n) is 12.0. The minimum absolute atomic E-state index is 0.0769. The maximum Gasteiger partial charge on any atom is 0.257 e. The predicted molar refractivity (Wildman–Crippen MR) is 74.8 cm³/mol. The third kappa shape index (κ3) is 4.13. The molecule has 1 amide bonds. The van der Waals surface area contributed by atoms with E-state index in [1.54, 1.807) is 37.3 Å². The zero-order chi connectivity index (χ0) is 14.4. The molecule has 0 bridgehead atoms. The van der Waals surface area contributed by atoms with E-state index in [4.69, 9.17) is 15.2 Å². The Morgan fingerprint density at radius 2 is 2.05 bits per heavy atom. The zero-order valence-corrected chi connectivity index (χ0v) is 12.0. The summed E-state index contributed by atoms with van der Waals surface area (Å²) in [6, 6.07) is 5.23. The van der Waals surface area contributed by atoms with Gasteiger partial charge in [0.2, 0.25) is 0 Å². The van der Waals surface area contributed by atoms with Crippen molar-refractivity contribution in [1.82, 2.24) is 4.90 Å². The van der Waals surface area contributed by atoms with E-state index in [0.29, 0.717) is 23.6 Å². The molecule has 0 saturated carbocycles. The highest BCUT2D eigenvalue weighted by atomic mass is 16.5. The van der Waals surface area contributed by atoms with Crippen molar-refractivity contribution in [2.45, 2.75) is 19.4 Å². The van der Waals surface area contributed by atoms with Crippen LogP contribution in [0.15, 0.2) is 18.2 Å². The first-order valence-corrected chi connectivity index (χ1v) is 6.22. The second-order valence-corrected chi connectivity index (χ2v) is 4.56. The van der Waals surface area contributed by atoms with Gasteiger partial charge < -0.3 is 20.1 Å². The number of methoxy groups -OCH3 is 2. The molecular weight excluding hydrogens is 244 g/mol. The van der Waals surface area contributed by atoms with Crippen LogP contribution >= 0.6 is 0 Å². The summed E-state index contributed by atoms with van der Waals surface area (Å²) in [7, 11) is 4.87. The standard InChI is InChI=1S/C14H22N2O3/c1-10(15)7-8-16(2)14(17)12-6-5-11(18-3)9-13(12)19-4/h5-6,9-10H,7-8,15H2,1-4H3. The lowest BCUT2D eigenvalue weighted by Gasteiger charge is -2.19. The molecule has 0 aromatic heterocycles. The molecule has 5 heteroatoms. The molecular formula is C14H22N2O3. The molecule has 1 unspecified atom stereocenters. The smallest absolute Gasteiger partial charge is 0.257 e. The van der Waals surface area contributed by atoms with Gasteiger partial charge in [-0.05, 0) is 25.5 Å². The van der Waals surface area contributed by atoms with Crippen LogP contribution in [0.2, 0.25) is 0 Å². The van der Waals surface area contributed by atoms with Crippen LogP contribution in [-0.2, 0) is 0 Å². The summed E-state index contributed by atoms with van der Waals surface area (Å²) in [6.45, 7) is 2.54. The number of nitrogens with two attached hydrogens (primary N) is 1. The normalized spacial score (nSPS) is 11.8. The number of carbonyl (C=O) groups is 1. The summed E-state index contributed by atoms with van der Waals surface area (Å²) in [5.41, 5.74) is 6.22.